The van der Waals surface area contributed by atoms with E-state index >= 15 is 0 Å². The summed E-state index contributed by atoms with van der Waals surface area (Å²) in [6.45, 7) is 1.93. The lowest BCUT2D eigenvalue weighted by Gasteiger charge is -2.43. The fourth-order valence-corrected chi connectivity index (χ4v) is 6.34. The molecule has 3 heterocycles. The van der Waals surface area contributed by atoms with Gasteiger partial charge in [0.15, 0.2) is 11.4 Å². The first kappa shape index (κ1) is 25.2. The fourth-order valence-electron chi connectivity index (χ4n) is 6.34. The number of carbonyl (C=O) groups excluding carboxylic acids is 2. The number of hydrogen-bond donors (Lipinski definition) is 1. The van der Waals surface area contributed by atoms with Gasteiger partial charge in [-0.1, -0.05) is 37.3 Å². The summed E-state index contributed by atoms with van der Waals surface area (Å²) in [6.07, 6.45) is 3.23. The zero-order valence-electron chi connectivity index (χ0n) is 21.1. The number of nitrogens with zero attached hydrogens (tertiary/aromatic N) is 2. The summed E-state index contributed by atoms with van der Waals surface area (Å²) >= 11 is 0. The van der Waals surface area contributed by atoms with Crippen molar-refractivity contribution >= 4 is 11.8 Å². The maximum absolute atomic E-state index is 14.1. The molecule has 7 nitrogen and oxygen atoms in total. The molecule has 0 spiro atoms. The molecule has 1 saturated carbocycles. The number of aromatic nitrogens is 1. The lowest BCUT2D eigenvalue weighted by molar-refractivity contribution is 0.0393. The van der Waals surface area contributed by atoms with Crippen molar-refractivity contribution in [3.8, 4) is 5.75 Å². The van der Waals surface area contributed by atoms with Gasteiger partial charge in [-0.15, -0.1) is 0 Å². The third-order valence-corrected chi connectivity index (χ3v) is 8.20. The minimum absolute atomic E-state index is 0.000675. The third-order valence-electron chi connectivity index (χ3n) is 8.20. The summed E-state index contributed by atoms with van der Waals surface area (Å²) in [7, 11) is 0. The largest absolute Gasteiger partial charge is 0.483 e. The van der Waals surface area contributed by atoms with Crippen LogP contribution in [0, 0.1) is 29.3 Å². The van der Waals surface area contributed by atoms with Crippen LogP contribution < -0.4 is 15.5 Å². The van der Waals surface area contributed by atoms with Crippen LogP contribution in [-0.4, -0.2) is 33.4 Å². The predicted molar refractivity (Wildman–Crippen MR) is 135 cm³/mol. The van der Waals surface area contributed by atoms with Crippen molar-refractivity contribution in [2.75, 3.05) is 0 Å². The summed E-state index contributed by atoms with van der Waals surface area (Å²) in [5, 5.41) is 2.35. The Labute approximate surface area is 222 Å². The molecule has 1 aromatic heterocycles. The van der Waals surface area contributed by atoms with Crippen LogP contribution in [0.3, 0.4) is 0 Å². The average Bonchev–Trinajstić information content (AvgIpc) is 3.45. The maximum atomic E-state index is 14.1. The van der Waals surface area contributed by atoms with Crippen molar-refractivity contribution in [1.82, 2.24) is 14.8 Å². The molecule has 2 bridgehead atoms. The van der Waals surface area contributed by atoms with E-state index < -0.39 is 40.9 Å². The first-order valence-corrected chi connectivity index (χ1v) is 12.9. The van der Waals surface area contributed by atoms with Gasteiger partial charge in [0.25, 0.3) is 11.8 Å². The highest BCUT2D eigenvalue weighted by Crippen LogP contribution is 2.48. The van der Waals surface area contributed by atoms with Crippen molar-refractivity contribution in [2.45, 2.75) is 51.5 Å². The van der Waals surface area contributed by atoms with Crippen molar-refractivity contribution < 1.29 is 27.5 Å². The summed E-state index contributed by atoms with van der Waals surface area (Å²) < 4.78 is 49.0. The molecule has 3 aromatic rings. The molecule has 3 aliphatic rings. The monoisotopic (exact) mass is 537 g/mol. The van der Waals surface area contributed by atoms with Crippen LogP contribution in [0.1, 0.15) is 51.7 Å². The first-order valence-electron chi connectivity index (χ1n) is 12.9. The van der Waals surface area contributed by atoms with Crippen molar-refractivity contribution in [2.24, 2.45) is 11.8 Å². The number of amides is 2. The lowest BCUT2D eigenvalue weighted by atomic mass is 9.91. The lowest BCUT2D eigenvalue weighted by Crippen LogP contribution is -2.54. The van der Waals surface area contributed by atoms with Gasteiger partial charge in [-0.25, -0.2) is 13.2 Å². The molecule has 202 valence electrons. The number of hydrogen-bond acceptors (Lipinski definition) is 4. The zero-order chi connectivity index (χ0) is 27.4. The van der Waals surface area contributed by atoms with Crippen LogP contribution in [0.2, 0.25) is 0 Å². The van der Waals surface area contributed by atoms with Crippen LogP contribution in [0.25, 0.3) is 0 Å². The number of benzene rings is 2. The summed E-state index contributed by atoms with van der Waals surface area (Å²) in [5.74, 6) is -4.12. The molecule has 39 heavy (non-hydrogen) atoms. The van der Waals surface area contributed by atoms with Crippen LogP contribution in [-0.2, 0) is 19.7 Å². The Morgan fingerprint density at radius 2 is 1.77 bits per heavy atom. The van der Waals surface area contributed by atoms with E-state index in [9.17, 15) is 27.6 Å². The molecular formula is C29H26F3N3O4. The number of fused-ring (bicyclic) bond motifs is 6. The van der Waals surface area contributed by atoms with Gasteiger partial charge in [0, 0.05) is 43.0 Å². The van der Waals surface area contributed by atoms with Gasteiger partial charge in [-0.05, 0) is 30.2 Å². The van der Waals surface area contributed by atoms with Gasteiger partial charge >= 0.3 is 0 Å². The number of nitrogens with one attached hydrogen (secondary N) is 1. The minimum atomic E-state index is -1.15. The Hall–Kier alpha value is -4.08. The predicted octanol–water partition coefficient (Wildman–Crippen LogP) is 4.03. The minimum Gasteiger partial charge on any atom is -0.483 e. The van der Waals surface area contributed by atoms with Crippen LogP contribution in [0.4, 0.5) is 13.2 Å². The van der Waals surface area contributed by atoms with E-state index in [4.69, 9.17) is 4.74 Å². The van der Waals surface area contributed by atoms with E-state index in [0.717, 1.165) is 18.4 Å². The Bertz CT molecular complexity index is 1520. The molecule has 2 amide bonds. The highest BCUT2D eigenvalue weighted by molar-refractivity contribution is 5.99. The zero-order valence-corrected chi connectivity index (χ0v) is 21.1. The Kier molecular flexibility index (Phi) is 6.20. The summed E-state index contributed by atoms with van der Waals surface area (Å²) in [4.78, 5) is 42.4. The molecule has 1 unspecified atom stereocenters. The molecular weight excluding hydrogens is 511 g/mol. The van der Waals surface area contributed by atoms with Gasteiger partial charge in [-0.2, -0.15) is 0 Å². The molecule has 1 saturated heterocycles. The molecule has 1 aliphatic carbocycles. The maximum Gasteiger partial charge on any atom is 0.275 e. The summed E-state index contributed by atoms with van der Waals surface area (Å²) in [5.41, 5.74) is -0.784. The van der Waals surface area contributed by atoms with E-state index in [0.29, 0.717) is 30.5 Å². The van der Waals surface area contributed by atoms with Crippen molar-refractivity contribution in [1.29, 1.82) is 0 Å². The Morgan fingerprint density at radius 1 is 1.05 bits per heavy atom. The van der Waals surface area contributed by atoms with Crippen molar-refractivity contribution in [3.05, 3.63) is 98.7 Å². The van der Waals surface area contributed by atoms with Crippen LogP contribution in [0.15, 0.2) is 53.5 Å². The van der Waals surface area contributed by atoms with Gasteiger partial charge in [0.1, 0.15) is 29.6 Å². The second-order valence-electron chi connectivity index (χ2n) is 10.6. The highest BCUT2D eigenvalue weighted by atomic mass is 19.1. The topological polar surface area (TPSA) is 80.6 Å². The van der Waals surface area contributed by atoms with Crippen molar-refractivity contribution in [3.63, 3.8) is 0 Å². The smallest absolute Gasteiger partial charge is 0.275 e. The molecule has 2 fully saturated rings. The van der Waals surface area contributed by atoms with E-state index in [1.165, 1.54) is 6.20 Å². The number of ether oxygens (including phenoxy) is 1. The number of carbonyl (C=O) groups is 2. The van der Waals surface area contributed by atoms with Gasteiger partial charge < -0.3 is 19.5 Å². The normalized spacial score (nSPS) is 23.0. The first-order chi connectivity index (χ1) is 18.7. The standard InChI is InChI=1S/C29H26F3N3O4/c1-15-7-17-8-23(15)35-24(17)13-34-12-20(28(37)33-11-19-21(31)9-18(30)10-22(19)32)26(36)27(25(34)29(35)38)39-14-16-5-3-2-4-6-16/h2-6,9-10,12,15,17,23-24H,7-8,11,13-14H2,1H3,(H,33,37)/t15-,17?,23+,24+/m0/s1. The van der Waals surface area contributed by atoms with Gasteiger partial charge in [0.05, 0.1) is 6.04 Å². The second kappa shape index (κ2) is 9.59. The average molecular weight is 538 g/mol. The fraction of sp³-hybridized carbons (Fsp3) is 0.345. The SMILES string of the molecule is C[C@H]1CC2C[C@H]1N1C(=O)c3c(OCc4ccccc4)c(=O)c(C(=O)NCc4c(F)cc(F)cc4F)cn3C[C@H]21. The van der Waals surface area contributed by atoms with E-state index in [1.54, 1.807) is 4.57 Å². The quantitative estimate of drug-likeness (QED) is 0.515. The van der Waals surface area contributed by atoms with E-state index in [1.807, 2.05) is 35.2 Å². The molecule has 10 heteroatoms. The molecule has 1 N–H and O–H groups in total. The number of rotatable bonds is 6. The van der Waals surface area contributed by atoms with Crippen LogP contribution in [0.5, 0.6) is 5.75 Å². The molecule has 2 aliphatic heterocycles. The number of piperidine rings is 1. The van der Waals surface area contributed by atoms with E-state index in [2.05, 4.69) is 12.2 Å². The third kappa shape index (κ3) is 4.27. The molecule has 2 aromatic carbocycles. The Morgan fingerprint density at radius 3 is 2.49 bits per heavy atom. The molecule has 4 atom stereocenters. The summed E-state index contributed by atoms with van der Waals surface area (Å²) in [6, 6.07) is 10.2. The molecule has 0 radical (unpaired) electrons. The van der Waals surface area contributed by atoms with Crippen LogP contribution >= 0.6 is 0 Å². The van der Waals surface area contributed by atoms with Gasteiger partial charge in [0.2, 0.25) is 5.43 Å². The van der Waals surface area contributed by atoms with E-state index in [-0.39, 0.29) is 41.6 Å². The number of halogens is 3. The Balaban J connectivity index is 1.36. The second-order valence-corrected chi connectivity index (χ2v) is 10.6. The number of pyridine rings is 1. The molecule has 6 rings (SSSR count). The van der Waals surface area contributed by atoms with Gasteiger partial charge in [-0.3, -0.25) is 14.4 Å². The highest BCUT2D eigenvalue weighted by Gasteiger charge is 2.54.